The lowest BCUT2D eigenvalue weighted by Gasteiger charge is -2.25. The average Bonchev–Trinajstić information content (AvgIpc) is 2.53. The van der Waals surface area contributed by atoms with Crippen molar-refractivity contribution in [3.05, 3.63) is 0 Å². The van der Waals surface area contributed by atoms with Crippen LogP contribution in [0.15, 0.2) is 0 Å². The summed E-state index contributed by atoms with van der Waals surface area (Å²) in [5.41, 5.74) is -1.02. The van der Waals surface area contributed by atoms with E-state index in [1.807, 2.05) is 0 Å². The molecule has 0 aliphatic heterocycles. The molecule has 2 fully saturated rings. The van der Waals surface area contributed by atoms with Crippen LogP contribution in [0.3, 0.4) is 0 Å². The van der Waals surface area contributed by atoms with Gasteiger partial charge < -0.3 is 5.11 Å². The van der Waals surface area contributed by atoms with E-state index in [4.69, 9.17) is 0 Å². The highest BCUT2D eigenvalue weighted by molar-refractivity contribution is 5.17. The van der Waals surface area contributed by atoms with Crippen LogP contribution in [0.25, 0.3) is 0 Å². The lowest BCUT2D eigenvalue weighted by Crippen LogP contribution is -2.35. The fourth-order valence-electron chi connectivity index (χ4n) is 2.56. The molecule has 1 N–H and O–H groups in total. The first-order chi connectivity index (χ1) is 5.01. The van der Waals surface area contributed by atoms with E-state index in [0.29, 0.717) is 12.8 Å². The molecule has 0 spiro atoms. The van der Waals surface area contributed by atoms with Crippen LogP contribution in [0, 0.1) is 11.3 Å². The fourth-order valence-corrected chi connectivity index (χ4v) is 2.56. The monoisotopic (exact) mass is 162 g/mol. The Morgan fingerprint density at radius 3 is 2.36 bits per heavy atom. The van der Waals surface area contributed by atoms with E-state index in [1.54, 1.807) is 0 Å². The quantitative estimate of drug-likeness (QED) is 0.623. The number of halogens is 2. The Bertz CT molecular complexity index is 187. The minimum absolute atomic E-state index is 0.0252. The second-order valence-corrected chi connectivity index (χ2v) is 3.86. The molecule has 0 radical (unpaired) electrons. The van der Waals surface area contributed by atoms with Gasteiger partial charge in [-0.1, -0.05) is 0 Å². The van der Waals surface area contributed by atoms with Crippen molar-refractivity contribution in [1.29, 1.82) is 0 Å². The minimum atomic E-state index is -2.61. The van der Waals surface area contributed by atoms with Gasteiger partial charge in [-0.15, -0.1) is 0 Å². The van der Waals surface area contributed by atoms with Gasteiger partial charge >= 0.3 is 0 Å². The van der Waals surface area contributed by atoms with Crippen molar-refractivity contribution in [2.24, 2.45) is 11.3 Å². The first-order valence-electron chi connectivity index (χ1n) is 4.06. The maximum atomic E-state index is 13.1. The number of hydrogen-bond donors (Lipinski definition) is 1. The van der Waals surface area contributed by atoms with Gasteiger partial charge in [0.15, 0.2) is 0 Å². The van der Waals surface area contributed by atoms with Gasteiger partial charge in [0.2, 0.25) is 0 Å². The molecule has 0 aromatic rings. The van der Waals surface area contributed by atoms with Gasteiger partial charge in [0, 0.05) is 6.42 Å². The number of aliphatic hydroxyl groups excluding tert-OH is 1. The van der Waals surface area contributed by atoms with E-state index in [9.17, 15) is 13.9 Å². The van der Waals surface area contributed by atoms with E-state index < -0.39 is 17.4 Å². The fraction of sp³-hybridized carbons (Fsp3) is 1.00. The van der Waals surface area contributed by atoms with Crippen LogP contribution in [0.2, 0.25) is 0 Å². The predicted octanol–water partition coefficient (Wildman–Crippen LogP) is 1.80. The van der Waals surface area contributed by atoms with Gasteiger partial charge in [-0.25, -0.2) is 8.78 Å². The van der Waals surface area contributed by atoms with Crippen molar-refractivity contribution >= 4 is 0 Å². The predicted molar refractivity (Wildman–Crippen MR) is 36.4 cm³/mol. The van der Waals surface area contributed by atoms with Crippen LogP contribution in [0.5, 0.6) is 0 Å². The molecule has 11 heavy (non-hydrogen) atoms. The molecule has 0 aromatic heterocycles. The number of alkyl halides is 2. The molecule has 1 nitrogen and oxygen atoms in total. The topological polar surface area (TPSA) is 20.2 Å². The number of rotatable bonds is 1. The van der Waals surface area contributed by atoms with Gasteiger partial charge in [0.1, 0.15) is 0 Å². The van der Waals surface area contributed by atoms with Crippen molar-refractivity contribution in [2.45, 2.75) is 38.2 Å². The minimum Gasteiger partial charge on any atom is -0.393 e. The summed E-state index contributed by atoms with van der Waals surface area (Å²) in [5, 5.41) is 9.21. The lowest BCUT2D eigenvalue weighted by atomic mass is 9.94. The third kappa shape index (κ3) is 0.675. The summed E-state index contributed by atoms with van der Waals surface area (Å²) in [5.74, 6) is -2.51. The Morgan fingerprint density at radius 1 is 1.55 bits per heavy atom. The maximum absolute atomic E-state index is 13.1. The zero-order chi connectivity index (χ0) is 8.28. The van der Waals surface area contributed by atoms with Crippen LogP contribution in [0.4, 0.5) is 8.78 Å². The zero-order valence-corrected chi connectivity index (χ0v) is 6.48. The second-order valence-electron chi connectivity index (χ2n) is 3.86. The molecule has 3 atom stereocenters. The van der Waals surface area contributed by atoms with E-state index in [2.05, 4.69) is 0 Å². The summed E-state index contributed by atoms with van der Waals surface area (Å²) in [4.78, 5) is 0. The number of aliphatic hydroxyl groups is 1. The first-order valence-corrected chi connectivity index (χ1v) is 4.06. The first kappa shape index (κ1) is 7.47. The van der Waals surface area contributed by atoms with Crippen molar-refractivity contribution in [2.75, 3.05) is 0 Å². The molecule has 0 bridgehead atoms. The zero-order valence-electron chi connectivity index (χ0n) is 6.48. The Kier molecular flexibility index (Phi) is 1.20. The van der Waals surface area contributed by atoms with Crippen LogP contribution in [-0.4, -0.2) is 17.1 Å². The summed E-state index contributed by atoms with van der Waals surface area (Å²) in [6.07, 6.45) is 0.253. The molecule has 0 amide bonds. The van der Waals surface area contributed by atoms with Crippen LogP contribution in [-0.2, 0) is 0 Å². The highest BCUT2D eigenvalue weighted by atomic mass is 19.3. The smallest absolute Gasteiger partial charge is 0.256 e. The van der Waals surface area contributed by atoms with Crippen LogP contribution < -0.4 is 0 Å². The third-order valence-corrected chi connectivity index (χ3v) is 3.39. The van der Waals surface area contributed by atoms with Gasteiger partial charge in [-0.3, -0.25) is 0 Å². The molecule has 2 rings (SSSR count). The summed E-state index contributed by atoms with van der Waals surface area (Å²) < 4.78 is 26.3. The molecule has 64 valence electrons. The molecule has 2 saturated carbocycles. The highest BCUT2D eigenvalue weighted by Crippen LogP contribution is 2.71. The van der Waals surface area contributed by atoms with Crippen molar-refractivity contribution in [3.63, 3.8) is 0 Å². The second kappa shape index (κ2) is 1.76. The Hall–Kier alpha value is -0.180. The molecule has 0 heterocycles. The summed E-state index contributed by atoms with van der Waals surface area (Å²) in [6.45, 7) is 1.49. The maximum Gasteiger partial charge on any atom is 0.256 e. The summed E-state index contributed by atoms with van der Waals surface area (Å²) in [6, 6.07) is 0. The lowest BCUT2D eigenvalue weighted by molar-refractivity contribution is -0.106. The molecular weight excluding hydrogens is 150 g/mol. The summed E-state index contributed by atoms with van der Waals surface area (Å²) in [7, 11) is 0. The average molecular weight is 162 g/mol. The number of hydrogen-bond acceptors (Lipinski definition) is 1. The normalized spacial score (nSPS) is 48.5. The van der Waals surface area contributed by atoms with Crippen LogP contribution >= 0.6 is 0 Å². The standard InChI is InChI=1S/C8H12F2O/c1-5(11)7-4-6(7)2-3-8(7,9)10/h5-6,11H,2-4H2,1H3/t5?,6-,7-/m1/s1. The van der Waals surface area contributed by atoms with Crippen molar-refractivity contribution in [3.8, 4) is 0 Å². The van der Waals surface area contributed by atoms with Gasteiger partial charge in [0.05, 0.1) is 11.5 Å². The molecule has 0 saturated heterocycles. The van der Waals surface area contributed by atoms with Gasteiger partial charge in [-0.05, 0) is 25.7 Å². The van der Waals surface area contributed by atoms with E-state index in [0.717, 1.165) is 0 Å². The number of fused-ring (bicyclic) bond motifs is 1. The molecule has 1 unspecified atom stereocenters. The molecular formula is C8H12F2O. The molecule has 3 heteroatoms. The van der Waals surface area contributed by atoms with Gasteiger partial charge in [-0.2, -0.15) is 0 Å². The van der Waals surface area contributed by atoms with Crippen molar-refractivity contribution in [1.82, 2.24) is 0 Å². The molecule has 2 aliphatic carbocycles. The molecule has 0 aromatic carbocycles. The van der Waals surface area contributed by atoms with E-state index in [-0.39, 0.29) is 12.3 Å². The largest absolute Gasteiger partial charge is 0.393 e. The Morgan fingerprint density at radius 2 is 2.18 bits per heavy atom. The van der Waals surface area contributed by atoms with Gasteiger partial charge in [0.25, 0.3) is 5.92 Å². The summed E-state index contributed by atoms with van der Waals surface area (Å²) >= 11 is 0. The third-order valence-electron chi connectivity index (χ3n) is 3.39. The SMILES string of the molecule is CC(O)[C@]12C[C@H]1CCC2(F)F. The molecule has 2 aliphatic rings. The highest BCUT2D eigenvalue weighted by Gasteiger charge is 2.75. The Labute approximate surface area is 64.4 Å². The van der Waals surface area contributed by atoms with E-state index in [1.165, 1.54) is 6.92 Å². The Balaban J connectivity index is 2.27. The van der Waals surface area contributed by atoms with Crippen molar-refractivity contribution < 1.29 is 13.9 Å². The van der Waals surface area contributed by atoms with E-state index >= 15 is 0 Å². The van der Waals surface area contributed by atoms with Crippen LogP contribution in [0.1, 0.15) is 26.2 Å².